The Morgan fingerprint density at radius 3 is 2.79 bits per heavy atom. The molecule has 4 rings (SSSR count). The van der Waals surface area contributed by atoms with Gasteiger partial charge < -0.3 is 5.32 Å². The molecule has 9 heteroatoms. The Kier molecular flexibility index (Phi) is 4.56. The molecule has 0 aromatic carbocycles. The Balaban J connectivity index is 1.49. The number of hydrogen-bond acceptors (Lipinski definition) is 6. The van der Waals surface area contributed by atoms with Crippen molar-refractivity contribution in [3.8, 4) is 10.6 Å². The first-order valence-corrected chi connectivity index (χ1v) is 9.83. The second-order valence-electron chi connectivity index (χ2n) is 7.20. The summed E-state index contributed by atoms with van der Waals surface area (Å²) in [7, 11) is 3.32. The van der Waals surface area contributed by atoms with Gasteiger partial charge >= 0.3 is 5.91 Å². The van der Waals surface area contributed by atoms with E-state index < -0.39 is 0 Å². The minimum absolute atomic E-state index is 0.0710. The molecule has 0 bridgehead atoms. The maximum Gasteiger partial charge on any atom is 0.315 e. The Hall–Kier alpha value is -2.91. The van der Waals surface area contributed by atoms with Crippen LogP contribution in [0.25, 0.3) is 10.6 Å². The highest BCUT2D eigenvalue weighted by Gasteiger charge is 2.49. The number of aromatic nitrogens is 2. The number of carbonyl (C=O) groups excluding carboxylic acids is 3. The number of quaternary nitrogens is 1. The van der Waals surface area contributed by atoms with Crippen LogP contribution in [-0.4, -0.2) is 64.3 Å². The largest absolute Gasteiger partial charge is 0.315 e. The lowest BCUT2D eigenvalue weighted by molar-refractivity contribution is -0.862. The maximum absolute atomic E-state index is 12.6. The van der Waals surface area contributed by atoms with Gasteiger partial charge in [0.15, 0.2) is 6.54 Å². The van der Waals surface area contributed by atoms with Crippen LogP contribution in [0.4, 0.5) is 5.82 Å². The smallest absolute Gasteiger partial charge is 0.306 e. The Bertz CT molecular complexity index is 984. The van der Waals surface area contributed by atoms with E-state index in [1.807, 2.05) is 18.5 Å². The van der Waals surface area contributed by atoms with Gasteiger partial charge in [-0.2, -0.15) is 0 Å². The fraction of sp³-hybridized carbons (Fsp3) is 0.316. The highest BCUT2D eigenvalue weighted by atomic mass is 32.1. The molecule has 2 aliphatic heterocycles. The summed E-state index contributed by atoms with van der Waals surface area (Å²) in [5, 5.41) is 5.55. The van der Waals surface area contributed by atoms with Crippen molar-refractivity contribution in [2.45, 2.75) is 12.8 Å². The minimum atomic E-state index is -0.305. The van der Waals surface area contributed by atoms with E-state index in [0.717, 1.165) is 21.9 Å². The van der Waals surface area contributed by atoms with E-state index in [-0.39, 0.29) is 28.7 Å². The molecular formula is C19H20N5O3S+. The van der Waals surface area contributed by atoms with Crippen LogP contribution in [0.5, 0.6) is 0 Å². The molecule has 8 nitrogen and oxygen atoms in total. The van der Waals surface area contributed by atoms with Gasteiger partial charge in [-0.3, -0.25) is 23.8 Å². The number of nitrogens with one attached hydrogen (secondary N) is 1. The molecule has 0 saturated carbocycles. The number of rotatable bonds is 4. The molecule has 28 heavy (non-hydrogen) atoms. The Morgan fingerprint density at radius 1 is 1.29 bits per heavy atom. The van der Waals surface area contributed by atoms with Crippen LogP contribution in [0.15, 0.2) is 41.2 Å². The second kappa shape index (κ2) is 6.92. The predicted octanol–water partition coefficient (Wildman–Crippen LogP) is 1.64. The summed E-state index contributed by atoms with van der Waals surface area (Å²) in [4.78, 5) is 47.1. The first-order chi connectivity index (χ1) is 13.4. The number of amides is 3. The number of nitrogens with zero attached hydrogens (tertiary/aromatic N) is 4. The third-order valence-corrected chi connectivity index (χ3v) is 6.00. The summed E-state index contributed by atoms with van der Waals surface area (Å²) in [5.74, 6) is -0.362. The van der Waals surface area contributed by atoms with Crippen LogP contribution in [0, 0.1) is 0 Å². The number of hydrogen-bond donors (Lipinski definition) is 1. The summed E-state index contributed by atoms with van der Waals surface area (Å²) >= 11 is 1.52. The van der Waals surface area contributed by atoms with Crippen molar-refractivity contribution in [2.24, 2.45) is 0 Å². The number of likely N-dealkylation sites (N-methyl/N-ethyl adjacent to an activating group) is 2. The lowest BCUT2D eigenvalue weighted by Crippen LogP contribution is -2.52. The summed E-state index contributed by atoms with van der Waals surface area (Å²) in [5.41, 5.74) is 1.87. The van der Waals surface area contributed by atoms with Crippen LogP contribution in [0.3, 0.4) is 0 Å². The maximum atomic E-state index is 12.6. The number of imide groups is 1. The highest BCUT2D eigenvalue weighted by Crippen LogP contribution is 2.34. The SMILES string of the molecule is CN1C(=O)C2=C(C1=O)[N+](C)(CC(=O)Nc1ccc(-c3nccs3)cn1)CCC2. The fourth-order valence-corrected chi connectivity index (χ4v) is 4.43. The average Bonchev–Trinajstić information content (AvgIpc) is 3.27. The van der Waals surface area contributed by atoms with Crippen molar-refractivity contribution in [3.05, 3.63) is 41.2 Å². The quantitative estimate of drug-likeness (QED) is 0.624. The van der Waals surface area contributed by atoms with Gasteiger partial charge in [-0.1, -0.05) is 0 Å². The van der Waals surface area contributed by atoms with E-state index in [1.165, 1.54) is 18.4 Å². The van der Waals surface area contributed by atoms with E-state index in [1.54, 1.807) is 18.5 Å². The van der Waals surface area contributed by atoms with Gasteiger partial charge in [0.2, 0.25) is 5.70 Å². The molecular weight excluding hydrogens is 378 g/mol. The van der Waals surface area contributed by atoms with Gasteiger partial charge in [-0.25, -0.2) is 9.97 Å². The van der Waals surface area contributed by atoms with Crippen molar-refractivity contribution in [1.82, 2.24) is 14.9 Å². The molecule has 0 radical (unpaired) electrons. The van der Waals surface area contributed by atoms with Gasteiger partial charge in [-0.15, -0.1) is 11.3 Å². The van der Waals surface area contributed by atoms with Gasteiger partial charge in [0.05, 0.1) is 19.2 Å². The monoisotopic (exact) mass is 398 g/mol. The van der Waals surface area contributed by atoms with Crippen molar-refractivity contribution >= 4 is 34.9 Å². The molecule has 1 atom stereocenters. The van der Waals surface area contributed by atoms with Crippen LogP contribution in [0.2, 0.25) is 0 Å². The van der Waals surface area contributed by atoms with Crippen molar-refractivity contribution in [1.29, 1.82) is 0 Å². The van der Waals surface area contributed by atoms with Crippen molar-refractivity contribution in [2.75, 3.05) is 32.5 Å². The zero-order valence-corrected chi connectivity index (χ0v) is 16.5. The molecule has 1 N–H and O–H groups in total. The topological polar surface area (TPSA) is 92.3 Å². The van der Waals surface area contributed by atoms with E-state index in [2.05, 4.69) is 15.3 Å². The van der Waals surface area contributed by atoms with E-state index >= 15 is 0 Å². The summed E-state index contributed by atoms with van der Waals surface area (Å²) in [6, 6.07) is 3.58. The molecule has 0 aliphatic carbocycles. The van der Waals surface area contributed by atoms with Gasteiger partial charge in [0.25, 0.3) is 11.8 Å². The summed E-state index contributed by atoms with van der Waals surface area (Å²) < 4.78 is 0.132. The third-order valence-electron chi connectivity index (χ3n) is 5.18. The van der Waals surface area contributed by atoms with Crippen molar-refractivity contribution < 1.29 is 18.9 Å². The van der Waals surface area contributed by atoms with Crippen LogP contribution in [-0.2, 0) is 14.4 Å². The normalized spacial score (nSPS) is 21.9. The van der Waals surface area contributed by atoms with Crippen LogP contribution in [0.1, 0.15) is 12.8 Å². The van der Waals surface area contributed by atoms with Gasteiger partial charge in [0, 0.05) is 36.8 Å². The minimum Gasteiger partial charge on any atom is -0.306 e. The lowest BCUT2D eigenvalue weighted by Gasteiger charge is -2.36. The molecule has 3 amide bonds. The zero-order valence-electron chi connectivity index (χ0n) is 15.6. The van der Waals surface area contributed by atoms with Crippen LogP contribution >= 0.6 is 11.3 Å². The molecule has 0 fully saturated rings. The summed E-state index contributed by atoms with van der Waals surface area (Å²) in [6.45, 7) is 0.705. The Morgan fingerprint density at radius 2 is 2.11 bits per heavy atom. The Labute approximate surface area is 166 Å². The van der Waals surface area contributed by atoms with E-state index in [9.17, 15) is 14.4 Å². The number of thiazole rings is 1. The molecule has 0 saturated heterocycles. The third kappa shape index (κ3) is 3.12. The summed E-state index contributed by atoms with van der Waals surface area (Å²) in [6.07, 6.45) is 4.74. The number of pyridine rings is 1. The molecule has 2 aliphatic rings. The van der Waals surface area contributed by atoms with E-state index in [0.29, 0.717) is 30.1 Å². The first-order valence-electron chi connectivity index (χ1n) is 8.95. The standard InChI is InChI=1S/C19H19N5O3S/c1-23-18(26)13-4-3-8-24(2,16(13)19(23)27)11-15(25)22-14-6-5-12(10-21-14)17-20-7-9-28-17/h5-7,9-10H,3-4,8,11H2,1-2H3/p+1. The van der Waals surface area contributed by atoms with Crippen LogP contribution < -0.4 is 5.32 Å². The molecule has 4 heterocycles. The molecule has 1 unspecified atom stereocenters. The first kappa shape index (κ1) is 18.5. The lowest BCUT2D eigenvalue weighted by atomic mass is 10.0. The zero-order chi connectivity index (χ0) is 19.9. The van der Waals surface area contributed by atoms with Crippen molar-refractivity contribution in [3.63, 3.8) is 0 Å². The number of carbonyl (C=O) groups is 3. The highest BCUT2D eigenvalue weighted by molar-refractivity contribution is 7.13. The molecule has 2 aromatic rings. The predicted molar refractivity (Wildman–Crippen MR) is 104 cm³/mol. The fourth-order valence-electron chi connectivity index (χ4n) is 3.80. The molecule has 0 spiro atoms. The van der Waals surface area contributed by atoms with Gasteiger partial charge in [-0.05, 0) is 18.6 Å². The second-order valence-corrected chi connectivity index (χ2v) is 8.09. The molecule has 2 aromatic heterocycles. The molecule has 144 valence electrons. The van der Waals surface area contributed by atoms with Gasteiger partial charge in [0.1, 0.15) is 10.8 Å². The number of anilines is 1. The van der Waals surface area contributed by atoms with E-state index in [4.69, 9.17) is 0 Å². The average molecular weight is 398 g/mol.